The van der Waals surface area contributed by atoms with Crippen LogP contribution in [0.15, 0.2) is 48.5 Å². The third-order valence-electron chi connectivity index (χ3n) is 3.78. The van der Waals surface area contributed by atoms with Gasteiger partial charge >= 0.3 is 0 Å². The second kappa shape index (κ2) is 6.52. The fourth-order valence-electron chi connectivity index (χ4n) is 2.63. The number of hydrogen-bond acceptors (Lipinski definition) is 3. The minimum absolute atomic E-state index is 0.346. The summed E-state index contributed by atoms with van der Waals surface area (Å²) in [5.74, 6) is 1.68. The first-order chi connectivity index (χ1) is 10.7. The predicted molar refractivity (Wildman–Crippen MR) is 84.4 cm³/mol. The van der Waals surface area contributed by atoms with Gasteiger partial charge in [-0.1, -0.05) is 6.07 Å². The van der Waals surface area contributed by atoms with Crippen LogP contribution in [0.5, 0.6) is 17.2 Å². The zero-order valence-electron chi connectivity index (χ0n) is 12.3. The first-order valence-electron chi connectivity index (χ1n) is 7.55. The van der Waals surface area contributed by atoms with Crippen LogP contribution in [0, 0.1) is 0 Å². The van der Waals surface area contributed by atoms with Gasteiger partial charge in [-0.2, -0.15) is 0 Å². The van der Waals surface area contributed by atoms with Crippen LogP contribution in [0.1, 0.15) is 36.0 Å². The van der Waals surface area contributed by atoms with Crippen molar-refractivity contribution in [1.82, 2.24) is 0 Å². The minimum Gasteiger partial charge on any atom is -0.490 e. The molecule has 0 unspecified atom stereocenters. The monoisotopic (exact) mass is 297 g/mol. The number of rotatable bonds is 5. The van der Waals surface area contributed by atoms with Crippen molar-refractivity contribution >= 4 is 5.91 Å². The van der Waals surface area contributed by atoms with Gasteiger partial charge < -0.3 is 15.2 Å². The van der Waals surface area contributed by atoms with Gasteiger partial charge in [-0.05, 0) is 68.1 Å². The standard InChI is InChI=1S/C18H19NO3/c19-18(20)13-4-3-7-17(12-13)22-16-10-8-15(9-11-16)21-14-5-1-2-6-14/h3-4,7-12,14H,1-2,5-6H2,(H2,19,20). The average Bonchev–Trinajstić information content (AvgIpc) is 3.02. The number of nitrogens with two attached hydrogens (primary N) is 1. The predicted octanol–water partition coefficient (Wildman–Crippen LogP) is 3.90. The van der Waals surface area contributed by atoms with E-state index < -0.39 is 5.91 Å². The number of ether oxygens (including phenoxy) is 2. The van der Waals surface area contributed by atoms with Crippen molar-refractivity contribution in [3.8, 4) is 17.2 Å². The van der Waals surface area contributed by atoms with Gasteiger partial charge in [-0.3, -0.25) is 4.79 Å². The molecule has 0 heterocycles. The Labute approximate surface area is 129 Å². The normalized spacial score (nSPS) is 14.7. The van der Waals surface area contributed by atoms with E-state index in [9.17, 15) is 4.79 Å². The van der Waals surface area contributed by atoms with Gasteiger partial charge in [0.05, 0.1) is 6.10 Å². The molecular formula is C18H19NO3. The molecule has 0 bridgehead atoms. The van der Waals surface area contributed by atoms with E-state index in [1.807, 2.05) is 24.3 Å². The third kappa shape index (κ3) is 3.58. The Hall–Kier alpha value is -2.49. The number of amides is 1. The van der Waals surface area contributed by atoms with Crippen LogP contribution in [-0.2, 0) is 0 Å². The molecule has 1 aliphatic rings. The zero-order chi connectivity index (χ0) is 15.4. The molecule has 0 saturated heterocycles. The highest BCUT2D eigenvalue weighted by atomic mass is 16.5. The van der Waals surface area contributed by atoms with E-state index in [-0.39, 0.29) is 0 Å². The second-order valence-electron chi connectivity index (χ2n) is 5.49. The molecule has 4 nitrogen and oxygen atoms in total. The number of carbonyl (C=O) groups excluding carboxylic acids is 1. The molecule has 3 rings (SSSR count). The van der Waals surface area contributed by atoms with Crippen LogP contribution in [0.3, 0.4) is 0 Å². The molecule has 4 heteroatoms. The lowest BCUT2D eigenvalue weighted by Gasteiger charge is -2.13. The highest BCUT2D eigenvalue weighted by molar-refractivity contribution is 5.93. The Morgan fingerprint density at radius 1 is 0.955 bits per heavy atom. The molecule has 0 spiro atoms. The first kappa shape index (κ1) is 14.4. The summed E-state index contributed by atoms with van der Waals surface area (Å²) in [5.41, 5.74) is 5.69. The molecule has 1 saturated carbocycles. The van der Waals surface area contributed by atoms with Crippen LogP contribution in [-0.4, -0.2) is 12.0 Å². The maximum absolute atomic E-state index is 11.2. The van der Waals surface area contributed by atoms with E-state index in [1.54, 1.807) is 24.3 Å². The minimum atomic E-state index is -0.467. The van der Waals surface area contributed by atoms with E-state index in [0.29, 0.717) is 23.2 Å². The van der Waals surface area contributed by atoms with Crippen LogP contribution in [0.2, 0.25) is 0 Å². The van der Waals surface area contributed by atoms with Crippen molar-refractivity contribution < 1.29 is 14.3 Å². The number of hydrogen-bond donors (Lipinski definition) is 1. The van der Waals surface area contributed by atoms with Crippen molar-refractivity contribution in [2.24, 2.45) is 5.73 Å². The van der Waals surface area contributed by atoms with E-state index in [4.69, 9.17) is 15.2 Å². The third-order valence-corrected chi connectivity index (χ3v) is 3.78. The summed E-state index contributed by atoms with van der Waals surface area (Å²) in [7, 11) is 0. The number of benzene rings is 2. The molecule has 0 aromatic heterocycles. The summed E-state index contributed by atoms with van der Waals surface area (Å²) >= 11 is 0. The van der Waals surface area contributed by atoms with Crippen LogP contribution in [0.25, 0.3) is 0 Å². The highest BCUT2D eigenvalue weighted by Crippen LogP contribution is 2.27. The maximum atomic E-state index is 11.2. The Morgan fingerprint density at radius 2 is 1.64 bits per heavy atom. The summed E-state index contributed by atoms with van der Waals surface area (Å²) in [4.78, 5) is 11.2. The van der Waals surface area contributed by atoms with Gasteiger partial charge in [0.25, 0.3) is 0 Å². The average molecular weight is 297 g/mol. The van der Waals surface area contributed by atoms with Crippen molar-refractivity contribution in [2.75, 3.05) is 0 Å². The van der Waals surface area contributed by atoms with Crippen LogP contribution in [0.4, 0.5) is 0 Å². The lowest BCUT2D eigenvalue weighted by molar-refractivity contribution is 0.1000. The molecule has 1 aliphatic carbocycles. The van der Waals surface area contributed by atoms with Gasteiger partial charge in [-0.15, -0.1) is 0 Å². The SMILES string of the molecule is NC(=O)c1cccc(Oc2ccc(OC3CCCC3)cc2)c1. The van der Waals surface area contributed by atoms with E-state index in [1.165, 1.54) is 12.8 Å². The van der Waals surface area contributed by atoms with Gasteiger partial charge in [-0.25, -0.2) is 0 Å². The lowest BCUT2D eigenvalue weighted by Crippen LogP contribution is -2.10. The fraction of sp³-hybridized carbons (Fsp3) is 0.278. The Kier molecular flexibility index (Phi) is 4.28. The second-order valence-corrected chi connectivity index (χ2v) is 5.49. The van der Waals surface area contributed by atoms with Gasteiger partial charge in [0, 0.05) is 5.56 Å². The Bertz CT molecular complexity index is 646. The smallest absolute Gasteiger partial charge is 0.248 e. The summed E-state index contributed by atoms with van der Waals surface area (Å²) in [5, 5.41) is 0. The molecule has 2 aromatic rings. The largest absolute Gasteiger partial charge is 0.490 e. The van der Waals surface area contributed by atoms with E-state index in [0.717, 1.165) is 18.6 Å². The summed E-state index contributed by atoms with van der Waals surface area (Å²) in [6.07, 6.45) is 5.12. The molecule has 22 heavy (non-hydrogen) atoms. The van der Waals surface area contributed by atoms with Crippen LogP contribution >= 0.6 is 0 Å². The summed E-state index contributed by atoms with van der Waals surface area (Å²) < 4.78 is 11.6. The summed E-state index contributed by atoms with van der Waals surface area (Å²) in [6, 6.07) is 14.4. The molecular weight excluding hydrogens is 278 g/mol. The van der Waals surface area contributed by atoms with Crippen molar-refractivity contribution in [1.29, 1.82) is 0 Å². The molecule has 0 aliphatic heterocycles. The highest BCUT2D eigenvalue weighted by Gasteiger charge is 2.16. The van der Waals surface area contributed by atoms with E-state index >= 15 is 0 Å². The zero-order valence-corrected chi connectivity index (χ0v) is 12.3. The van der Waals surface area contributed by atoms with Gasteiger partial charge in [0.2, 0.25) is 5.91 Å². The fourth-order valence-corrected chi connectivity index (χ4v) is 2.63. The van der Waals surface area contributed by atoms with Crippen molar-refractivity contribution in [3.05, 3.63) is 54.1 Å². The van der Waals surface area contributed by atoms with Crippen LogP contribution < -0.4 is 15.2 Å². The molecule has 114 valence electrons. The lowest BCUT2D eigenvalue weighted by atomic mass is 10.2. The maximum Gasteiger partial charge on any atom is 0.248 e. The number of primary amides is 1. The molecule has 2 aromatic carbocycles. The number of carbonyl (C=O) groups is 1. The molecule has 1 fully saturated rings. The molecule has 0 radical (unpaired) electrons. The molecule has 2 N–H and O–H groups in total. The summed E-state index contributed by atoms with van der Waals surface area (Å²) in [6.45, 7) is 0. The molecule has 1 amide bonds. The first-order valence-corrected chi connectivity index (χ1v) is 7.55. The van der Waals surface area contributed by atoms with Crippen molar-refractivity contribution in [2.45, 2.75) is 31.8 Å². The quantitative estimate of drug-likeness (QED) is 0.910. The molecule has 0 atom stereocenters. The van der Waals surface area contributed by atoms with Gasteiger partial charge in [0.15, 0.2) is 0 Å². The Balaban J connectivity index is 1.65. The van der Waals surface area contributed by atoms with E-state index in [2.05, 4.69) is 0 Å². The Morgan fingerprint density at radius 3 is 2.32 bits per heavy atom. The topological polar surface area (TPSA) is 61.6 Å². The van der Waals surface area contributed by atoms with Gasteiger partial charge in [0.1, 0.15) is 17.2 Å². The van der Waals surface area contributed by atoms with Crippen molar-refractivity contribution in [3.63, 3.8) is 0 Å².